The number of hydrogen-bond donors (Lipinski definition) is 2. The molecule has 13 heteroatoms. The minimum atomic E-state index is -4.46. The Morgan fingerprint density at radius 1 is 1.19 bits per heavy atom. The van der Waals surface area contributed by atoms with E-state index >= 15 is 0 Å². The van der Waals surface area contributed by atoms with Crippen LogP contribution in [-0.2, 0) is 15.8 Å². The highest BCUT2D eigenvalue weighted by Crippen LogP contribution is 2.32. The maximum Gasteiger partial charge on any atom is 0.435 e. The first-order valence-electron chi connectivity index (χ1n) is 12.7. The number of carbonyl (C=O) groups excluding carboxylic acids is 1. The molecule has 0 aliphatic heterocycles. The Kier molecular flexibility index (Phi) is 12.6. The molecule has 224 valence electrons. The summed E-state index contributed by atoms with van der Waals surface area (Å²) in [7, 11) is 1.88. The molecule has 2 atom stereocenters. The van der Waals surface area contributed by atoms with Crippen LogP contribution in [0.15, 0.2) is 66.6 Å². The molecule has 0 spiro atoms. The summed E-state index contributed by atoms with van der Waals surface area (Å²) in [5.74, 6) is -0.364. The van der Waals surface area contributed by atoms with Gasteiger partial charge >= 0.3 is 18.2 Å². The lowest BCUT2D eigenvalue weighted by molar-refractivity contribution is -0.142. The Balaban J connectivity index is 0.000000299. The zero-order valence-corrected chi connectivity index (χ0v) is 23.3. The molecule has 4 rings (SSSR count). The number of nitrogens with zero attached hydrogens (tertiary/aromatic N) is 5. The molecule has 0 saturated heterocycles. The number of aromatic nitrogens is 4. The molecule has 2 aromatic heterocycles. The molecule has 2 heterocycles. The van der Waals surface area contributed by atoms with E-state index in [0.29, 0.717) is 6.01 Å². The number of hydrogen-bond acceptors (Lipinski definition) is 8. The Morgan fingerprint density at radius 3 is 2.33 bits per heavy atom. The van der Waals surface area contributed by atoms with Gasteiger partial charge in [0.2, 0.25) is 0 Å². The first kappa shape index (κ1) is 33.4. The monoisotopic (exact) mass is 586 g/mol. The van der Waals surface area contributed by atoms with E-state index < -0.39 is 17.8 Å². The van der Waals surface area contributed by atoms with E-state index in [4.69, 9.17) is 14.6 Å². The van der Waals surface area contributed by atoms with Gasteiger partial charge in [0.1, 0.15) is 12.9 Å². The summed E-state index contributed by atoms with van der Waals surface area (Å²) < 4.78 is 44.2. The number of nitrogens with one attached hydrogen (secondary N) is 1. The number of aryl methyl sites for hydroxylation is 1. The number of anilines is 1. The number of benzene rings is 1. The summed E-state index contributed by atoms with van der Waals surface area (Å²) in [4.78, 5) is 30.9. The van der Waals surface area contributed by atoms with E-state index in [-0.39, 0.29) is 29.8 Å². The van der Waals surface area contributed by atoms with Crippen molar-refractivity contribution < 1.29 is 32.6 Å². The second-order valence-corrected chi connectivity index (χ2v) is 9.12. The van der Waals surface area contributed by atoms with Crippen LogP contribution in [0.4, 0.5) is 18.9 Å². The molecular weight excluding hydrogens is 553 g/mol. The lowest BCUT2D eigenvalue weighted by Gasteiger charge is -2.12. The number of rotatable bonds is 9. The van der Waals surface area contributed by atoms with E-state index in [1.165, 1.54) is 25.3 Å². The molecule has 0 radical (unpaired) electrons. The standard InChI is InChI=1S/C18H21N3O3.C10H10F3N3.CH2O/c1-19-15-5-3-13(4-6-15)14-10-20-18(21-11-14)24-16-7-2-12(8-16)9-17(22)23;1-4-5-8(14-3)16-6-7(2)9(15-16)10(11,12)13;1-2/h3-6,10-12,16,19H,2,7-9H2,1H3,(H,22,23);4-6H,1,3H2,2H3;1H2/b;8-5+;/t12-,16+;;/m0../s1. The topological polar surface area (TPSA) is 132 Å². The van der Waals surface area contributed by atoms with Crippen LogP contribution in [0.1, 0.15) is 36.9 Å². The molecule has 2 N–H and O–H groups in total. The van der Waals surface area contributed by atoms with Gasteiger partial charge in [0.05, 0.1) is 0 Å². The van der Waals surface area contributed by atoms with Crippen molar-refractivity contribution in [2.24, 2.45) is 10.9 Å². The number of carbonyl (C=O) groups is 2. The van der Waals surface area contributed by atoms with Gasteiger partial charge in [0, 0.05) is 48.9 Å². The molecule has 3 aromatic rings. The quantitative estimate of drug-likeness (QED) is 0.233. The lowest BCUT2D eigenvalue weighted by atomic mass is 10.0. The Labute approximate surface area is 241 Å². The minimum absolute atomic E-state index is 0.00936. The maximum atomic E-state index is 12.5. The highest BCUT2D eigenvalue weighted by molar-refractivity contribution is 5.67. The largest absolute Gasteiger partial charge is 0.481 e. The predicted octanol–water partition coefficient (Wildman–Crippen LogP) is 5.92. The third-order valence-corrected chi connectivity index (χ3v) is 6.19. The van der Waals surface area contributed by atoms with Gasteiger partial charge in [-0.05, 0) is 62.6 Å². The average Bonchev–Trinajstić information content (AvgIpc) is 3.59. The fourth-order valence-electron chi connectivity index (χ4n) is 4.24. The lowest BCUT2D eigenvalue weighted by Crippen LogP contribution is -2.14. The van der Waals surface area contributed by atoms with Gasteiger partial charge in [-0.25, -0.2) is 19.6 Å². The van der Waals surface area contributed by atoms with E-state index in [0.717, 1.165) is 40.8 Å². The van der Waals surface area contributed by atoms with Crippen LogP contribution in [0.5, 0.6) is 6.01 Å². The third kappa shape index (κ3) is 9.68. The molecule has 0 amide bonds. The van der Waals surface area contributed by atoms with Crippen molar-refractivity contribution in [3.63, 3.8) is 0 Å². The fraction of sp³-hybridized carbons (Fsp3) is 0.310. The summed E-state index contributed by atoms with van der Waals surface area (Å²) in [5, 5.41) is 15.3. The number of carboxylic acids is 1. The number of aliphatic carboxylic acids is 1. The van der Waals surface area contributed by atoms with Crippen LogP contribution in [0.3, 0.4) is 0 Å². The summed E-state index contributed by atoms with van der Waals surface area (Å²) in [6.45, 7) is 10.0. The van der Waals surface area contributed by atoms with Gasteiger partial charge in [0.25, 0.3) is 0 Å². The third-order valence-electron chi connectivity index (χ3n) is 6.19. The number of carboxylic acid groups (broad SMARTS) is 1. The molecule has 1 saturated carbocycles. The summed E-state index contributed by atoms with van der Waals surface area (Å²) in [6.07, 6.45) is 5.80. The van der Waals surface area contributed by atoms with E-state index in [1.807, 2.05) is 38.1 Å². The maximum absolute atomic E-state index is 12.5. The summed E-state index contributed by atoms with van der Waals surface area (Å²) in [5.41, 5.74) is 2.14. The van der Waals surface area contributed by atoms with Crippen LogP contribution >= 0.6 is 0 Å². The fourth-order valence-corrected chi connectivity index (χ4v) is 4.24. The molecule has 1 fully saturated rings. The summed E-state index contributed by atoms with van der Waals surface area (Å²) >= 11 is 0. The molecule has 42 heavy (non-hydrogen) atoms. The van der Waals surface area contributed by atoms with Gasteiger partial charge in [-0.2, -0.15) is 18.3 Å². The molecule has 10 nitrogen and oxygen atoms in total. The molecule has 1 aliphatic carbocycles. The number of allylic oxidation sites excluding steroid dienone is 2. The van der Waals surface area contributed by atoms with E-state index in [2.05, 4.69) is 38.7 Å². The van der Waals surface area contributed by atoms with Crippen LogP contribution in [-0.4, -0.2) is 57.5 Å². The molecule has 0 bridgehead atoms. The Morgan fingerprint density at radius 2 is 1.83 bits per heavy atom. The predicted molar refractivity (Wildman–Crippen MR) is 154 cm³/mol. The number of halogens is 3. The van der Waals surface area contributed by atoms with Crippen molar-refractivity contribution >= 4 is 31.0 Å². The van der Waals surface area contributed by atoms with Crippen molar-refractivity contribution in [3.8, 4) is 17.1 Å². The second-order valence-electron chi connectivity index (χ2n) is 9.12. The smallest absolute Gasteiger partial charge is 0.435 e. The van der Waals surface area contributed by atoms with Gasteiger partial charge in [-0.3, -0.25) is 4.79 Å². The number of alkyl halides is 3. The highest BCUT2D eigenvalue weighted by atomic mass is 19.4. The van der Waals surface area contributed by atoms with E-state index in [1.54, 1.807) is 12.4 Å². The molecular formula is C29H33F3N6O4. The zero-order valence-electron chi connectivity index (χ0n) is 23.3. The van der Waals surface area contributed by atoms with Gasteiger partial charge < -0.3 is 20.0 Å². The molecule has 1 aliphatic rings. The normalized spacial score (nSPS) is 16.3. The summed E-state index contributed by atoms with van der Waals surface area (Å²) in [6, 6.07) is 8.38. The van der Waals surface area contributed by atoms with Crippen LogP contribution in [0, 0.1) is 12.8 Å². The van der Waals surface area contributed by atoms with Crippen LogP contribution in [0.25, 0.3) is 16.9 Å². The molecule has 1 aromatic carbocycles. The first-order valence-corrected chi connectivity index (χ1v) is 12.7. The number of aliphatic imine (C=N–C) groups is 1. The Hall–Kier alpha value is -4.81. The van der Waals surface area contributed by atoms with Crippen LogP contribution < -0.4 is 10.1 Å². The van der Waals surface area contributed by atoms with Crippen molar-refractivity contribution in [1.82, 2.24) is 19.7 Å². The molecule has 0 unspecified atom stereocenters. The SMILES string of the molecule is C=C/C=C(\N=C)n1cc(C)c(C(F)(F)F)n1.C=O.CNc1ccc(-c2cnc(O[C@@H]3CC[C@H](CC(=O)O)C3)nc2)cc1. The second kappa shape index (κ2) is 15.8. The van der Waals surface area contributed by atoms with Crippen molar-refractivity contribution in [2.45, 2.75) is 44.9 Å². The Bertz CT molecular complexity index is 1360. The van der Waals surface area contributed by atoms with Gasteiger partial charge in [0.15, 0.2) is 11.5 Å². The minimum Gasteiger partial charge on any atom is -0.481 e. The van der Waals surface area contributed by atoms with Crippen LogP contribution in [0.2, 0.25) is 0 Å². The highest BCUT2D eigenvalue weighted by Gasteiger charge is 2.36. The van der Waals surface area contributed by atoms with Gasteiger partial charge in [-0.15, -0.1) is 0 Å². The van der Waals surface area contributed by atoms with E-state index in [9.17, 15) is 18.0 Å². The average molecular weight is 587 g/mol. The van der Waals surface area contributed by atoms with Gasteiger partial charge in [-0.1, -0.05) is 24.8 Å². The first-order chi connectivity index (χ1) is 20.0. The number of ether oxygens (including phenoxy) is 1. The van der Waals surface area contributed by atoms with Crippen molar-refractivity contribution in [3.05, 3.63) is 72.8 Å². The van der Waals surface area contributed by atoms with Crippen molar-refractivity contribution in [1.29, 1.82) is 0 Å². The van der Waals surface area contributed by atoms with Crippen molar-refractivity contribution in [2.75, 3.05) is 12.4 Å². The zero-order chi connectivity index (χ0) is 31.3.